The number of methoxy groups -OCH3 is 2. The number of benzene rings is 1. The van der Waals surface area contributed by atoms with Gasteiger partial charge in [0.25, 0.3) is 0 Å². The Balaban J connectivity index is 1.77. The van der Waals surface area contributed by atoms with Gasteiger partial charge in [-0.1, -0.05) is 12.6 Å². The summed E-state index contributed by atoms with van der Waals surface area (Å²) >= 11 is 1.62. The maximum absolute atomic E-state index is 5.58. The van der Waals surface area contributed by atoms with Crippen molar-refractivity contribution in [2.45, 2.75) is 19.5 Å². The lowest BCUT2D eigenvalue weighted by atomic mass is 10.1. The molecular formula is C22H31N5O2S. The Bertz CT molecular complexity index is 924. The second-order valence-corrected chi connectivity index (χ2v) is 8.25. The summed E-state index contributed by atoms with van der Waals surface area (Å²) in [5.41, 5.74) is 2.93. The van der Waals surface area contributed by atoms with Crippen LogP contribution in [0.2, 0.25) is 0 Å². The second kappa shape index (κ2) is 9.49. The Hall–Kier alpha value is -2.58. The molecule has 0 unspecified atom stereocenters. The fourth-order valence-electron chi connectivity index (χ4n) is 3.66. The number of hydrogen-bond acceptors (Lipinski definition) is 7. The maximum Gasteiger partial charge on any atom is 0.185 e. The monoisotopic (exact) mass is 429 g/mol. The van der Waals surface area contributed by atoms with Gasteiger partial charge in [0, 0.05) is 57.8 Å². The fraction of sp³-hybridized carbons (Fsp3) is 0.455. The first kappa shape index (κ1) is 22.1. The molecule has 30 heavy (non-hydrogen) atoms. The number of ether oxygens (including phenoxy) is 2. The number of anilines is 1. The lowest BCUT2D eigenvalue weighted by molar-refractivity contribution is 0.195. The van der Waals surface area contributed by atoms with Crippen molar-refractivity contribution >= 4 is 28.0 Å². The summed E-state index contributed by atoms with van der Waals surface area (Å²) in [6.45, 7) is 8.98. The van der Waals surface area contributed by atoms with Crippen molar-refractivity contribution in [2.75, 3.05) is 53.4 Å². The first-order valence-corrected chi connectivity index (χ1v) is 10.8. The van der Waals surface area contributed by atoms with E-state index in [2.05, 4.69) is 39.7 Å². The SMILES string of the molecule is C=C(c1csc(N(C)C)n1)N1CCN(Cc2ccc(OC)cc2OC)[C@H](C)C1=NC. The second-order valence-electron chi connectivity index (χ2n) is 7.41. The van der Waals surface area contributed by atoms with Gasteiger partial charge in [-0.05, 0) is 13.0 Å². The minimum Gasteiger partial charge on any atom is -0.497 e. The quantitative estimate of drug-likeness (QED) is 0.672. The average Bonchev–Trinajstić information content (AvgIpc) is 3.25. The van der Waals surface area contributed by atoms with Gasteiger partial charge in [0.1, 0.15) is 17.3 Å². The van der Waals surface area contributed by atoms with Crippen molar-refractivity contribution in [3.63, 3.8) is 0 Å². The Labute approximate surface area is 183 Å². The molecule has 2 heterocycles. The summed E-state index contributed by atoms with van der Waals surface area (Å²) in [5, 5.41) is 3.03. The standard InChI is InChI=1S/C22H31N5O2S/c1-15(19-14-30-22(24-19)25(4)5)27-11-10-26(16(2)21(27)23-3)13-17-8-9-18(28-6)12-20(17)29-7/h8-9,12,14,16H,1,10-11,13H2,2-7H3/t16-/m1/s1. The molecule has 1 aromatic heterocycles. The molecule has 1 fully saturated rings. The van der Waals surface area contributed by atoms with Crippen LogP contribution in [0, 0.1) is 0 Å². The van der Waals surface area contributed by atoms with E-state index in [1.54, 1.807) is 25.6 Å². The zero-order chi connectivity index (χ0) is 21.8. The van der Waals surface area contributed by atoms with E-state index in [0.29, 0.717) is 0 Å². The molecule has 0 amide bonds. The highest BCUT2D eigenvalue weighted by atomic mass is 32.1. The summed E-state index contributed by atoms with van der Waals surface area (Å²) in [6, 6.07) is 6.10. The van der Waals surface area contributed by atoms with Crippen molar-refractivity contribution in [3.05, 3.63) is 41.4 Å². The molecule has 0 bridgehead atoms. The van der Waals surface area contributed by atoms with Gasteiger partial charge >= 0.3 is 0 Å². The maximum atomic E-state index is 5.58. The van der Waals surface area contributed by atoms with Crippen LogP contribution in [0.5, 0.6) is 11.5 Å². The Kier molecular flexibility index (Phi) is 6.99. The van der Waals surface area contributed by atoms with Crippen LogP contribution in [0.4, 0.5) is 5.13 Å². The third-order valence-corrected chi connectivity index (χ3v) is 6.41. The van der Waals surface area contributed by atoms with Crippen LogP contribution in [0.15, 0.2) is 35.2 Å². The third kappa shape index (κ3) is 4.44. The van der Waals surface area contributed by atoms with Crippen LogP contribution in [-0.4, -0.2) is 75.1 Å². The molecule has 2 aromatic rings. The van der Waals surface area contributed by atoms with E-state index in [4.69, 9.17) is 14.5 Å². The smallest absolute Gasteiger partial charge is 0.185 e. The zero-order valence-corrected chi connectivity index (χ0v) is 19.5. The summed E-state index contributed by atoms with van der Waals surface area (Å²) in [7, 11) is 9.20. The Morgan fingerprint density at radius 1 is 1.30 bits per heavy atom. The van der Waals surface area contributed by atoms with Gasteiger partial charge in [0.15, 0.2) is 5.13 Å². The molecule has 1 saturated heterocycles. The lowest BCUT2D eigenvalue weighted by Gasteiger charge is -2.42. The normalized spacial score (nSPS) is 18.5. The molecule has 8 heteroatoms. The Morgan fingerprint density at radius 2 is 2.07 bits per heavy atom. The molecule has 1 atom stereocenters. The molecular weight excluding hydrogens is 398 g/mol. The number of thiazole rings is 1. The number of amidine groups is 1. The molecule has 1 aliphatic rings. The minimum atomic E-state index is 0.138. The van der Waals surface area contributed by atoms with Gasteiger partial charge in [-0.3, -0.25) is 9.89 Å². The van der Waals surface area contributed by atoms with E-state index in [1.807, 2.05) is 38.2 Å². The van der Waals surface area contributed by atoms with Crippen LogP contribution in [0.25, 0.3) is 5.70 Å². The van der Waals surface area contributed by atoms with Gasteiger partial charge in [-0.25, -0.2) is 4.98 Å². The van der Waals surface area contributed by atoms with E-state index in [1.165, 1.54) is 0 Å². The highest BCUT2D eigenvalue weighted by molar-refractivity contribution is 7.13. The van der Waals surface area contributed by atoms with Crippen LogP contribution < -0.4 is 14.4 Å². The lowest BCUT2D eigenvalue weighted by Crippen LogP contribution is -2.54. The van der Waals surface area contributed by atoms with Gasteiger partial charge in [0.2, 0.25) is 0 Å². The molecule has 1 aliphatic heterocycles. The van der Waals surface area contributed by atoms with Gasteiger partial charge in [-0.15, -0.1) is 11.3 Å². The molecule has 0 spiro atoms. The molecule has 0 radical (unpaired) electrons. The van der Waals surface area contributed by atoms with E-state index in [0.717, 1.165) is 59.1 Å². The van der Waals surface area contributed by atoms with Crippen LogP contribution in [-0.2, 0) is 6.54 Å². The van der Waals surface area contributed by atoms with Crippen molar-refractivity contribution < 1.29 is 9.47 Å². The highest BCUT2D eigenvalue weighted by Gasteiger charge is 2.32. The number of rotatable bonds is 7. The van der Waals surface area contributed by atoms with Crippen LogP contribution in [0.3, 0.4) is 0 Å². The predicted molar refractivity (Wildman–Crippen MR) is 125 cm³/mol. The predicted octanol–water partition coefficient (Wildman–Crippen LogP) is 3.43. The van der Waals surface area contributed by atoms with E-state index >= 15 is 0 Å². The van der Waals surface area contributed by atoms with Crippen LogP contribution in [0.1, 0.15) is 18.2 Å². The molecule has 1 aromatic carbocycles. The molecule has 0 saturated carbocycles. The number of hydrogen-bond donors (Lipinski definition) is 0. The number of aliphatic imine (C=N–C) groups is 1. The van der Waals surface area contributed by atoms with Crippen molar-refractivity contribution in [2.24, 2.45) is 4.99 Å². The summed E-state index contributed by atoms with van der Waals surface area (Å²) in [5.74, 6) is 2.63. The summed E-state index contributed by atoms with van der Waals surface area (Å²) in [4.78, 5) is 15.9. The van der Waals surface area contributed by atoms with Crippen molar-refractivity contribution in [1.29, 1.82) is 0 Å². The summed E-state index contributed by atoms with van der Waals surface area (Å²) < 4.78 is 10.9. The molecule has 0 aliphatic carbocycles. The zero-order valence-electron chi connectivity index (χ0n) is 18.7. The number of piperazine rings is 1. The van der Waals surface area contributed by atoms with E-state index in [-0.39, 0.29) is 6.04 Å². The molecule has 0 N–H and O–H groups in total. The first-order chi connectivity index (χ1) is 14.4. The molecule has 7 nitrogen and oxygen atoms in total. The van der Waals surface area contributed by atoms with Gasteiger partial charge < -0.3 is 19.3 Å². The summed E-state index contributed by atoms with van der Waals surface area (Å²) in [6.07, 6.45) is 0. The fourth-order valence-corrected chi connectivity index (χ4v) is 4.43. The van der Waals surface area contributed by atoms with Crippen molar-refractivity contribution in [1.82, 2.24) is 14.8 Å². The largest absolute Gasteiger partial charge is 0.497 e. The highest BCUT2D eigenvalue weighted by Crippen LogP contribution is 2.30. The average molecular weight is 430 g/mol. The molecule has 3 rings (SSSR count). The minimum absolute atomic E-state index is 0.138. The molecule has 162 valence electrons. The van der Waals surface area contributed by atoms with Gasteiger partial charge in [-0.2, -0.15) is 0 Å². The van der Waals surface area contributed by atoms with E-state index < -0.39 is 0 Å². The first-order valence-electron chi connectivity index (χ1n) is 9.90. The number of nitrogens with zero attached hydrogens (tertiary/aromatic N) is 5. The van der Waals surface area contributed by atoms with Crippen molar-refractivity contribution in [3.8, 4) is 11.5 Å². The third-order valence-electron chi connectivity index (χ3n) is 5.40. The number of aromatic nitrogens is 1. The van der Waals surface area contributed by atoms with E-state index in [9.17, 15) is 0 Å². The van der Waals surface area contributed by atoms with Crippen LogP contribution >= 0.6 is 11.3 Å². The van der Waals surface area contributed by atoms with Gasteiger partial charge in [0.05, 0.1) is 31.7 Å². The Morgan fingerprint density at radius 3 is 2.67 bits per heavy atom. The topological polar surface area (TPSA) is 53.4 Å².